The zero-order valence-corrected chi connectivity index (χ0v) is 13.8. The van der Waals surface area contributed by atoms with Gasteiger partial charge in [-0.1, -0.05) is 13.0 Å². The van der Waals surface area contributed by atoms with Crippen LogP contribution in [0.25, 0.3) is 0 Å². The van der Waals surface area contributed by atoms with Gasteiger partial charge in [-0.2, -0.15) is 0 Å². The van der Waals surface area contributed by atoms with E-state index in [1.165, 1.54) is 11.3 Å². The van der Waals surface area contributed by atoms with Crippen LogP contribution in [0, 0.1) is 0 Å². The van der Waals surface area contributed by atoms with Gasteiger partial charge in [-0.3, -0.25) is 9.59 Å². The Morgan fingerprint density at radius 3 is 3.00 bits per heavy atom. The van der Waals surface area contributed by atoms with Gasteiger partial charge in [0.05, 0.1) is 11.0 Å². The number of hydrogen-bond donors (Lipinski definition) is 2. The molecule has 1 aromatic heterocycles. The normalized spacial score (nSPS) is 19.7. The summed E-state index contributed by atoms with van der Waals surface area (Å²) in [5.41, 5.74) is 0. The van der Waals surface area contributed by atoms with E-state index in [9.17, 15) is 14.7 Å². The van der Waals surface area contributed by atoms with Crippen molar-refractivity contribution in [1.82, 2.24) is 10.2 Å². The average Bonchev–Trinajstić information content (AvgIpc) is 3.08. The number of nitrogens with one attached hydrogen (secondary N) is 1. The molecular formula is C16H24N2O3S. The van der Waals surface area contributed by atoms with Crippen molar-refractivity contribution < 1.29 is 14.7 Å². The van der Waals surface area contributed by atoms with Crippen LogP contribution in [0.4, 0.5) is 0 Å². The molecule has 2 heterocycles. The van der Waals surface area contributed by atoms with Crippen molar-refractivity contribution in [2.45, 2.75) is 51.2 Å². The first-order chi connectivity index (χ1) is 10.6. The van der Waals surface area contributed by atoms with Gasteiger partial charge in [-0.15, -0.1) is 11.3 Å². The lowest BCUT2D eigenvalue weighted by atomic mass is 10.0. The van der Waals surface area contributed by atoms with Crippen LogP contribution >= 0.6 is 11.3 Å². The van der Waals surface area contributed by atoms with Crippen molar-refractivity contribution in [3.63, 3.8) is 0 Å². The smallest absolute Gasteiger partial charge is 0.264 e. The molecule has 2 rings (SSSR count). The maximum atomic E-state index is 12.5. The maximum absolute atomic E-state index is 12.5. The zero-order valence-electron chi connectivity index (χ0n) is 13.0. The van der Waals surface area contributed by atoms with Crippen LogP contribution in [0.2, 0.25) is 0 Å². The maximum Gasteiger partial charge on any atom is 0.264 e. The van der Waals surface area contributed by atoms with Gasteiger partial charge in [-0.05, 0) is 43.6 Å². The van der Waals surface area contributed by atoms with Crippen LogP contribution in [0.1, 0.15) is 48.7 Å². The SMILES string of the molecule is CCC(O)CCNC(=O)C1CCCCN1C(=O)c1cccs1. The minimum atomic E-state index is -0.387. The number of thiophene rings is 1. The highest BCUT2D eigenvalue weighted by Gasteiger charge is 2.32. The number of carbonyl (C=O) groups is 2. The number of hydrogen-bond acceptors (Lipinski definition) is 4. The van der Waals surface area contributed by atoms with Crippen LogP contribution in [0.3, 0.4) is 0 Å². The summed E-state index contributed by atoms with van der Waals surface area (Å²) >= 11 is 1.41. The monoisotopic (exact) mass is 324 g/mol. The minimum absolute atomic E-state index is 0.0524. The van der Waals surface area contributed by atoms with Gasteiger partial charge in [0.15, 0.2) is 0 Å². The van der Waals surface area contributed by atoms with Crippen LogP contribution in [0.15, 0.2) is 17.5 Å². The van der Waals surface area contributed by atoms with Crippen molar-refractivity contribution in [3.8, 4) is 0 Å². The highest BCUT2D eigenvalue weighted by molar-refractivity contribution is 7.12. The molecule has 1 aromatic rings. The lowest BCUT2D eigenvalue weighted by Gasteiger charge is -2.34. The van der Waals surface area contributed by atoms with Gasteiger partial charge < -0.3 is 15.3 Å². The fraction of sp³-hybridized carbons (Fsp3) is 0.625. The predicted octanol–water partition coefficient (Wildman–Crippen LogP) is 2.02. The number of likely N-dealkylation sites (tertiary alicyclic amines) is 1. The first-order valence-electron chi connectivity index (χ1n) is 7.93. The molecule has 1 aliphatic rings. The minimum Gasteiger partial charge on any atom is -0.393 e. The summed E-state index contributed by atoms with van der Waals surface area (Å²) in [5, 5.41) is 14.3. The van der Waals surface area contributed by atoms with Crippen LogP contribution in [-0.4, -0.2) is 47.1 Å². The van der Waals surface area contributed by atoms with Gasteiger partial charge in [0.1, 0.15) is 6.04 Å². The third-order valence-electron chi connectivity index (χ3n) is 4.05. The molecule has 2 N–H and O–H groups in total. The lowest BCUT2D eigenvalue weighted by Crippen LogP contribution is -2.52. The number of aliphatic hydroxyl groups excluding tert-OH is 1. The Labute approximate surface area is 135 Å². The molecule has 1 saturated heterocycles. The van der Waals surface area contributed by atoms with Crippen molar-refractivity contribution >= 4 is 23.2 Å². The Hall–Kier alpha value is -1.40. The van der Waals surface area contributed by atoms with E-state index in [4.69, 9.17) is 0 Å². The second-order valence-electron chi connectivity index (χ2n) is 5.63. The van der Waals surface area contributed by atoms with Gasteiger partial charge >= 0.3 is 0 Å². The second-order valence-corrected chi connectivity index (χ2v) is 6.58. The summed E-state index contributed by atoms with van der Waals surface area (Å²) in [6.45, 7) is 2.99. The van der Waals surface area contributed by atoms with E-state index in [1.54, 1.807) is 11.0 Å². The standard InChI is InChI=1S/C16H24N2O3S/c1-2-12(19)8-9-17-15(20)13-6-3-4-10-18(13)16(21)14-7-5-11-22-14/h5,7,11-13,19H,2-4,6,8-10H2,1H3,(H,17,20). The summed E-state index contributed by atoms with van der Waals surface area (Å²) in [4.78, 5) is 27.3. The molecule has 2 amide bonds. The summed E-state index contributed by atoms with van der Waals surface area (Å²) in [6, 6.07) is 3.26. The Kier molecular flexibility index (Phi) is 6.39. The van der Waals surface area contributed by atoms with Crippen LogP contribution in [0.5, 0.6) is 0 Å². The number of aliphatic hydroxyl groups is 1. The molecule has 0 saturated carbocycles. The molecule has 6 heteroatoms. The average molecular weight is 324 g/mol. The van der Waals surface area contributed by atoms with Gasteiger partial charge in [0.25, 0.3) is 5.91 Å². The molecular weight excluding hydrogens is 300 g/mol. The lowest BCUT2D eigenvalue weighted by molar-refractivity contribution is -0.126. The van der Waals surface area contributed by atoms with E-state index in [0.717, 1.165) is 12.8 Å². The molecule has 0 aromatic carbocycles. The van der Waals surface area contributed by atoms with E-state index >= 15 is 0 Å². The first-order valence-corrected chi connectivity index (χ1v) is 8.81. The van der Waals surface area contributed by atoms with E-state index in [1.807, 2.05) is 18.4 Å². The third kappa shape index (κ3) is 4.30. The summed E-state index contributed by atoms with van der Waals surface area (Å²) in [6.07, 6.45) is 3.46. The quantitative estimate of drug-likeness (QED) is 0.841. The predicted molar refractivity (Wildman–Crippen MR) is 86.9 cm³/mol. The highest BCUT2D eigenvalue weighted by Crippen LogP contribution is 2.21. The highest BCUT2D eigenvalue weighted by atomic mass is 32.1. The molecule has 0 aliphatic carbocycles. The summed E-state index contributed by atoms with van der Waals surface area (Å²) < 4.78 is 0. The van der Waals surface area contributed by atoms with Gasteiger partial charge in [0, 0.05) is 13.1 Å². The molecule has 0 spiro atoms. The second kappa shape index (κ2) is 8.29. The molecule has 1 fully saturated rings. The third-order valence-corrected chi connectivity index (χ3v) is 4.90. The largest absolute Gasteiger partial charge is 0.393 e. The van der Waals surface area contributed by atoms with E-state index in [0.29, 0.717) is 37.2 Å². The molecule has 122 valence electrons. The first kappa shape index (κ1) is 17.0. The fourth-order valence-electron chi connectivity index (χ4n) is 2.67. The molecule has 22 heavy (non-hydrogen) atoms. The fourth-order valence-corrected chi connectivity index (χ4v) is 3.35. The van der Waals surface area contributed by atoms with Gasteiger partial charge in [0.2, 0.25) is 5.91 Å². The molecule has 0 radical (unpaired) electrons. The van der Waals surface area contributed by atoms with E-state index < -0.39 is 0 Å². The Bertz CT molecular complexity index is 490. The molecule has 2 atom stereocenters. The molecule has 1 aliphatic heterocycles. The van der Waals surface area contributed by atoms with Crippen LogP contribution < -0.4 is 5.32 Å². The van der Waals surface area contributed by atoms with E-state index in [2.05, 4.69) is 5.32 Å². The van der Waals surface area contributed by atoms with Crippen molar-refractivity contribution in [1.29, 1.82) is 0 Å². The number of rotatable bonds is 6. The topological polar surface area (TPSA) is 69.6 Å². The van der Waals surface area contributed by atoms with Gasteiger partial charge in [-0.25, -0.2) is 0 Å². The van der Waals surface area contributed by atoms with Crippen molar-refractivity contribution in [2.24, 2.45) is 0 Å². The Balaban J connectivity index is 1.94. The number of amides is 2. The van der Waals surface area contributed by atoms with E-state index in [-0.39, 0.29) is 24.0 Å². The Morgan fingerprint density at radius 2 is 2.32 bits per heavy atom. The van der Waals surface area contributed by atoms with Crippen molar-refractivity contribution in [2.75, 3.05) is 13.1 Å². The number of piperidine rings is 1. The van der Waals surface area contributed by atoms with Crippen LogP contribution in [-0.2, 0) is 4.79 Å². The molecule has 0 bridgehead atoms. The zero-order chi connectivity index (χ0) is 15.9. The summed E-state index contributed by atoms with van der Waals surface area (Å²) in [7, 11) is 0. The molecule has 5 nitrogen and oxygen atoms in total. The van der Waals surface area contributed by atoms with Crippen molar-refractivity contribution in [3.05, 3.63) is 22.4 Å². The Morgan fingerprint density at radius 1 is 1.50 bits per heavy atom. The summed E-state index contributed by atoms with van der Waals surface area (Å²) in [5.74, 6) is -0.156. The molecule has 2 unspecified atom stereocenters. The number of carbonyl (C=O) groups excluding carboxylic acids is 2. The number of nitrogens with zero attached hydrogens (tertiary/aromatic N) is 1.